The number of nitrogens with zero attached hydrogens (tertiary/aromatic N) is 1. The quantitative estimate of drug-likeness (QED) is 0.722. The molecular formula is C13H23NO4. The average Bonchev–Trinajstić information content (AvgIpc) is 2.24. The van der Waals surface area contributed by atoms with Gasteiger partial charge in [0.05, 0.1) is 6.10 Å². The van der Waals surface area contributed by atoms with Crippen molar-refractivity contribution in [3.8, 4) is 0 Å². The van der Waals surface area contributed by atoms with E-state index in [1.807, 2.05) is 0 Å². The third-order valence-corrected chi connectivity index (χ3v) is 3.75. The Morgan fingerprint density at radius 1 is 1.33 bits per heavy atom. The van der Waals surface area contributed by atoms with Gasteiger partial charge in [-0.1, -0.05) is 20.8 Å². The summed E-state index contributed by atoms with van der Waals surface area (Å²) < 4.78 is 0. The molecule has 0 radical (unpaired) electrons. The van der Waals surface area contributed by atoms with Crippen LogP contribution in [-0.4, -0.2) is 46.2 Å². The van der Waals surface area contributed by atoms with E-state index in [1.54, 1.807) is 0 Å². The Labute approximate surface area is 108 Å². The molecule has 1 heterocycles. The monoisotopic (exact) mass is 257 g/mol. The van der Waals surface area contributed by atoms with Gasteiger partial charge in [-0.2, -0.15) is 0 Å². The maximum atomic E-state index is 11.9. The summed E-state index contributed by atoms with van der Waals surface area (Å²) >= 11 is 0. The SMILES string of the molecule is CC(C(=O)O)C(=O)N1CCC(C(C)(C)C)C(O)C1. The van der Waals surface area contributed by atoms with Crippen LogP contribution < -0.4 is 0 Å². The van der Waals surface area contributed by atoms with Crippen LogP contribution in [-0.2, 0) is 9.59 Å². The Kier molecular flexibility index (Phi) is 4.37. The Morgan fingerprint density at radius 3 is 2.28 bits per heavy atom. The number of carbonyl (C=O) groups is 2. The lowest BCUT2D eigenvalue weighted by Crippen LogP contribution is -2.51. The van der Waals surface area contributed by atoms with Gasteiger partial charge in [-0.3, -0.25) is 9.59 Å². The summed E-state index contributed by atoms with van der Waals surface area (Å²) in [6.07, 6.45) is 0.131. The van der Waals surface area contributed by atoms with Crippen LogP contribution in [0.3, 0.4) is 0 Å². The lowest BCUT2D eigenvalue weighted by molar-refractivity contribution is -0.153. The first-order valence-electron chi connectivity index (χ1n) is 6.34. The molecule has 104 valence electrons. The zero-order valence-corrected chi connectivity index (χ0v) is 11.5. The number of hydrogen-bond acceptors (Lipinski definition) is 3. The molecule has 1 aliphatic heterocycles. The minimum atomic E-state index is -1.12. The van der Waals surface area contributed by atoms with Crippen molar-refractivity contribution >= 4 is 11.9 Å². The third-order valence-electron chi connectivity index (χ3n) is 3.75. The maximum Gasteiger partial charge on any atom is 0.315 e. The molecule has 5 nitrogen and oxygen atoms in total. The Bertz CT molecular complexity index is 334. The fourth-order valence-electron chi connectivity index (χ4n) is 2.52. The molecule has 5 heteroatoms. The largest absolute Gasteiger partial charge is 0.481 e. The highest BCUT2D eigenvalue weighted by Crippen LogP contribution is 2.34. The summed E-state index contributed by atoms with van der Waals surface area (Å²) in [5, 5.41) is 18.9. The van der Waals surface area contributed by atoms with Crippen LogP contribution >= 0.6 is 0 Å². The summed E-state index contributed by atoms with van der Waals surface area (Å²) in [5.74, 6) is -2.42. The lowest BCUT2D eigenvalue weighted by atomic mass is 9.73. The molecule has 1 amide bonds. The zero-order chi connectivity index (χ0) is 14.1. The number of amides is 1. The number of β-amino-alcohol motifs (C(OH)–C–C–N with tert-alkyl or cyclic N) is 1. The number of carboxylic acid groups (broad SMARTS) is 1. The molecule has 0 aromatic rings. The molecule has 3 atom stereocenters. The van der Waals surface area contributed by atoms with Crippen molar-refractivity contribution in [1.82, 2.24) is 4.90 Å². The van der Waals surface area contributed by atoms with E-state index in [2.05, 4.69) is 20.8 Å². The van der Waals surface area contributed by atoms with Crippen LogP contribution in [0.5, 0.6) is 0 Å². The average molecular weight is 257 g/mol. The molecule has 0 aromatic carbocycles. The molecule has 0 bridgehead atoms. The summed E-state index contributed by atoms with van der Waals surface area (Å²) in [7, 11) is 0. The van der Waals surface area contributed by atoms with Crippen molar-refractivity contribution in [2.45, 2.75) is 40.2 Å². The summed E-state index contributed by atoms with van der Waals surface area (Å²) in [6, 6.07) is 0. The summed E-state index contributed by atoms with van der Waals surface area (Å²) in [5.41, 5.74) is -0.00698. The van der Waals surface area contributed by atoms with Crippen LogP contribution in [0.25, 0.3) is 0 Å². The first-order chi connectivity index (χ1) is 8.14. The Morgan fingerprint density at radius 2 is 1.89 bits per heavy atom. The standard InChI is InChI=1S/C13H23NO4/c1-8(12(17)18)11(16)14-6-5-9(10(15)7-14)13(2,3)4/h8-10,15H,5-7H2,1-4H3,(H,17,18). The van der Waals surface area contributed by atoms with Gasteiger partial charge >= 0.3 is 5.97 Å². The molecule has 3 unspecified atom stereocenters. The molecular weight excluding hydrogens is 234 g/mol. The van der Waals surface area contributed by atoms with E-state index < -0.39 is 23.9 Å². The lowest BCUT2D eigenvalue weighted by Gasteiger charge is -2.42. The van der Waals surface area contributed by atoms with E-state index in [1.165, 1.54) is 11.8 Å². The minimum absolute atomic E-state index is 0.00698. The van der Waals surface area contributed by atoms with Gasteiger partial charge in [-0.05, 0) is 24.7 Å². The number of rotatable bonds is 2. The topological polar surface area (TPSA) is 77.8 Å². The number of aliphatic hydroxyl groups is 1. The highest BCUT2D eigenvalue weighted by Gasteiger charge is 2.38. The van der Waals surface area contributed by atoms with Crippen molar-refractivity contribution in [2.75, 3.05) is 13.1 Å². The molecule has 0 spiro atoms. The number of likely N-dealkylation sites (tertiary alicyclic amines) is 1. The number of aliphatic hydroxyl groups excluding tert-OH is 1. The Balaban J connectivity index is 2.67. The summed E-state index contributed by atoms with van der Waals surface area (Å²) in [6.45, 7) is 8.34. The Hall–Kier alpha value is -1.10. The second-order valence-electron chi connectivity index (χ2n) is 6.17. The summed E-state index contributed by atoms with van der Waals surface area (Å²) in [4.78, 5) is 24.1. The highest BCUT2D eigenvalue weighted by atomic mass is 16.4. The molecule has 1 fully saturated rings. The second-order valence-corrected chi connectivity index (χ2v) is 6.17. The van der Waals surface area contributed by atoms with Gasteiger partial charge in [-0.15, -0.1) is 0 Å². The van der Waals surface area contributed by atoms with Crippen LogP contribution in [0, 0.1) is 17.3 Å². The number of carboxylic acids is 1. The molecule has 0 aromatic heterocycles. The van der Waals surface area contributed by atoms with Crippen molar-refractivity contribution in [3.05, 3.63) is 0 Å². The van der Waals surface area contributed by atoms with Gasteiger partial charge < -0.3 is 15.1 Å². The fraction of sp³-hybridized carbons (Fsp3) is 0.846. The predicted molar refractivity (Wildman–Crippen MR) is 66.9 cm³/mol. The second kappa shape index (κ2) is 5.26. The molecule has 1 aliphatic rings. The third kappa shape index (κ3) is 3.22. The van der Waals surface area contributed by atoms with Gasteiger partial charge in [0.25, 0.3) is 0 Å². The van der Waals surface area contributed by atoms with Crippen LogP contribution in [0.4, 0.5) is 0 Å². The smallest absolute Gasteiger partial charge is 0.315 e. The number of piperidine rings is 1. The number of hydrogen-bond donors (Lipinski definition) is 2. The predicted octanol–water partition coefficient (Wildman–Crippen LogP) is 0.963. The fourth-order valence-corrected chi connectivity index (χ4v) is 2.52. The molecule has 18 heavy (non-hydrogen) atoms. The van der Waals surface area contributed by atoms with E-state index in [0.717, 1.165) is 0 Å². The van der Waals surface area contributed by atoms with Crippen molar-refractivity contribution in [3.63, 3.8) is 0 Å². The zero-order valence-electron chi connectivity index (χ0n) is 11.5. The molecule has 1 rings (SSSR count). The normalized spacial score (nSPS) is 26.8. The van der Waals surface area contributed by atoms with E-state index in [-0.39, 0.29) is 17.9 Å². The van der Waals surface area contributed by atoms with Crippen molar-refractivity contribution < 1.29 is 19.8 Å². The maximum absolute atomic E-state index is 11.9. The van der Waals surface area contributed by atoms with Crippen LogP contribution in [0.2, 0.25) is 0 Å². The van der Waals surface area contributed by atoms with Gasteiger partial charge in [0.2, 0.25) is 5.91 Å². The van der Waals surface area contributed by atoms with Crippen molar-refractivity contribution in [1.29, 1.82) is 0 Å². The van der Waals surface area contributed by atoms with E-state index in [0.29, 0.717) is 13.0 Å². The van der Waals surface area contributed by atoms with Gasteiger partial charge in [0.15, 0.2) is 0 Å². The number of carbonyl (C=O) groups excluding carboxylic acids is 1. The first-order valence-corrected chi connectivity index (χ1v) is 6.34. The van der Waals surface area contributed by atoms with E-state index in [4.69, 9.17) is 5.11 Å². The van der Waals surface area contributed by atoms with Crippen LogP contribution in [0.1, 0.15) is 34.1 Å². The molecule has 1 saturated heterocycles. The van der Waals surface area contributed by atoms with Gasteiger partial charge in [0, 0.05) is 13.1 Å². The van der Waals surface area contributed by atoms with E-state index in [9.17, 15) is 14.7 Å². The van der Waals surface area contributed by atoms with Crippen LogP contribution in [0.15, 0.2) is 0 Å². The van der Waals surface area contributed by atoms with Gasteiger partial charge in [0.1, 0.15) is 5.92 Å². The minimum Gasteiger partial charge on any atom is -0.481 e. The molecule has 0 saturated carbocycles. The number of aliphatic carboxylic acids is 1. The van der Waals surface area contributed by atoms with E-state index >= 15 is 0 Å². The first kappa shape index (κ1) is 15.0. The van der Waals surface area contributed by atoms with Gasteiger partial charge in [-0.25, -0.2) is 0 Å². The highest BCUT2D eigenvalue weighted by molar-refractivity contribution is 5.96. The molecule has 2 N–H and O–H groups in total. The van der Waals surface area contributed by atoms with Crippen molar-refractivity contribution in [2.24, 2.45) is 17.3 Å². The molecule has 0 aliphatic carbocycles.